The minimum Gasteiger partial charge on any atom is -0.371 e. The van der Waals surface area contributed by atoms with E-state index in [1.807, 2.05) is 0 Å². The monoisotopic (exact) mass is 279 g/mol. The molecule has 20 heavy (non-hydrogen) atoms. The van der Waals surface area contributed by atoms with Crippen LogP contribution >= 0.6 is 0 Å². The molecule has 2 N–H and O–H groups in total. The number of aliphatic imine (C=N–C) groups is 1. The van der Waals surface area contributed by atoms with Crippen molar-refractivity contribution in [1.29, 1.82) is 0 Å². The van der Waals surface area contributed by atoms with Crippen LogP contribution in [-0.4, -0.2) is 23.1 Å². The van der Waals surface area contributed by atoms with Crippen molar-refractivity contribution in [2.24, 2.45) is 10.7 Å². The fourth-order valence-electron chi connectivity index (χ4n) is 1.96. The van der Waals surface area contributed by atoms with Crippen molar-refractivity contribution >= 4 is 11.6 Å². The molecule has 4 nitrogen and oxygen atoms in total. The van der Waals surface area contributed by atoms with E-state index in [2.05, 4.69) is 4.99 Å². The largest absolute Gasteiger partial charge is 0.371 e. The molecule has 0 saturated heterocycles. The second kappa shape index (κ2) is 5.81. The van der Waals surface area contributed by atoms with Gasteiger partial charge < -0.3 is 10.6 Å². The van der Waals surface area contributed by atoms with Crippen molar-refractivity contribution < 1.29 is 13.6 Å². The Morgan fingerprint density at radius 1 is 1.40 bits per heavy atom. The molecular weight excluding hydrogens is 264 g/mol. The maximum absolute atomic E-state index is 13.6. The number of hydrogen-bond donors (Lipinski definition) is 1. The van der Waals surface area contributed by atoms with Gasteiger partial charge in [0.25, 0.3) is 5.91 Å². The van der Waals surface area contributed by atoms with Crippen LogP contribution in [0.3, 0.4) is 0 Å². The lowest BCUT2D eigenvalue weighted by atomic mass is 10.2. The number of amides is 1. The highest BCUT2D eigenvalue weighted by molar-refractivity contribution is 5.96. The van der Waals surface area contributed by atoms with Crippen molar-refractivity contribution in [2.75, 3.05) is 6.54 Å². The summed E-state index contributed by atoms with van der Waals surface area (Å²) in [6, 6.07) is 3.72. The number of halogens is 2. The minimum atomic E-state index is -0.662. The third-order valence-corrected chi connectivity index (χ3v) is 3.05. The van der Waals surface area contributed by atoms with Crippen molar-refractivity contribution in [3.63, 3.8) is 0 Å². The third kappa shape index (κ3) is 3.20. The third-order valence-electron chi connectivity index (χ3n) is 3.05. The molecule has 0 aliphatic carbocycles. The number of nitrogens with zero attached hydrogens (tertiary/aromatic N) is 2. The van der Waals surface area contributed by atoms with Crippen LogP contribution in [0.25, 0.3) is 0 Å². The molecule has 106 valence electrons. The van der Waals surface area contributed by atoms with Crippen LogP contribution in [0.2, 0.25) is 0 Å². The summed E-state index contributed by atoms with van der Waals surface area (Å²) in [5.74, 6) is -1.88. The molecule has 1 aliphatic heterocycles. The Bertz CT molecular complexity index is 576. The van der Waals surface area contributed by atoms with Gasteiger partial charge in [-0.2, -0.15) is 0 Å². The Kier molecular flexibility index (Phi) is 4.12. The van der Waals surface area contributed by atoms with Crippen LogP contribution < -0.4 is 5.73 Å². The second-order valence-electron chi connectivity index (χ2n) is 4.65. The Morgan fingerprint density at radius 2 is 2.05 bits per heavy atom. The van der Waals surface area contributed by atoms with E-state index in [1.165, 1.54) is 24.4 Å². The lowest BCUT2D eigenvalue weighted by Gasteiger charge is -2.19. The SMILES string of the molecule is CC1=NC(C(N)=O)=CN(Cc2c(F)cccc2F)CC1. The Labute approximate surface area is 115 Å². The van der Waals surface area contributed by atoms with Gasteiger partial charge in [-0.1, -0.05) is 6.07 Å². The number of nitrogens with two attached hydrogens (primary N) is 1. The van der Waals surface area contributed by atoms with Crippen molar-refractivity contribution in [3.05, 3.63) is 47.3 Å². The van der Waals surface area contributed by atoms with E-state index in [0.717, 1.165) is 5.71 Å². The minimum absolute atomic E-state index is 0.0259. The van der Waals surface area contributed by atoms with E-state index in [-0.39, 0.29) is 17.8 Å². The van der Waals surface area contributed by atoms with E-state index in [9.17, 15) is 13.6 Å². The molecule has 0 radical (unpaired) electrons. The van der Waals surface area contributed by atoms with Crippen molar-refractivity contribution in [3.8, 4) is 0 Å². The fourth-order valence-corrected chi connectivity index (χ4v) is 1.96. The van der Waals surface area contributed by atoms with Gasteiger partial charge in [-0.25, -0.2) is 8.78 Å². The molecule has 0 unspecified atom stereocenters. The van der Waals surface area contributed by atoms with Gasteiger partial charge in [-0.05, 0) is 19.1 Å². The van der Waals surface area contributed by atoms with Crippen LogP contribution in [0, 0.1) is 11.6 Å². The summed E-state index contributed by atoms with van der Waals surface area (Å²) >= 11 is 0. The molecule has 1 aromatic carbocycles. The van der Waals surface area contributed by atoms with Gasteiger partial charge in [0.2, 0.25) is 0 Å². The Hall–Kier alpha value is -2.24. The second-order valence-corrected chi connectivity index (χ2v) is 4.65. The molecule has 1 amide bonds. The molecule has 1 heterocycles. The first-order valence-electron chi connectivity index (χ1n) is 6.20. The number of benzene rings is 1. The lowest BCUT2D eigenvalue weighted by molar-refractivity contribution is -0.114. The highest BCUT2D eigenvalue weighted by Gasteiger charge is 2.16. The average Bonchev–Trinajstić information content (AvgIpc) is 2.56. The normalized spacial score (nSPS) is 15.4. The summed E-state index contributed by atoms with van der Waals surface area (Å²) in [5.41, 5.74) is 6.04. The smallest absolute Gasteiger partial charge is 0.268 e. The first-order chi connectivity index (χ1) is 9.47. The first kappa shape index (κ1) is 14.2. The highest BCUT2D eigenvalue weighted by Crippen LogP contribution is 2.17. The molecule has 6 heteroatoms. The molecule has 0 aromatic heterocycles. The van der Waals surface area contributed by atoms with Gasteiger partial charge in [-0.15, -0.1) is 0 Å². The molecule has 2 rings (SSSR count). The molecule has 1 aliphatic rings. The predicted molar refractivity (Wildman–Crippen MR) is 71.8 cm³/mol. The standard InChI is InChI=1S/C14H15F2N3O/c1-9-5-6-19(8-13(18-9)14(17)20)7-10-11(15)3-2-4-12(10)16/h2-4,8H,5-7H2,1H3,(H2,17,20). The molecule has 1 aromatic rings. The molecular formula is C14H15F2N3O. The summed E-state index contributed by atoms with van der Waals surface area (Å²) in [5, 5.41) is 0. The lowest BCUT2D eigenvalue weighted by Crippen LogP contribution is -2.22. The molecule has 0 spiro atoms. The zero-order valence-corrected chi connectivity index (χ0v) is 11.1. The highest BCUT2D eigenvalue weighted by atomic mass is 19.1. The average molecular weight is 279 g/mol. The number of carbonyl (C=O) groups is 1. The Morgan fingerprint density at radius 3 is 2.65 bits per heavy atom. The first-order valence-corrected chi connectivity index (χ1v) is 6.20. The van der Waals surface area contributed by atoms with Gasteiger partial charge >= 0.3 is 0 Å². The van der Waals surface area contributed by atoms with Gasteiger partial charge in [0.1, 0.15) is 17.3 Å². The summed E-state index contributed by atoms with van der Waals surface area (Å²) in [4.78, 5) is 17.0. The quantitative estimate of drug-likeness (QED) is 0.919. The van der Waals surface area contributed by atoms with E-state index in [0.29, 0.717) is 13.0 Å². The van der Waals surface area contributed by atoms with E-state index < -0.39 is 17.5 Å². The molecule has 0 saturated carbocycles. The van der Waals surface area contributed by atoms with Crippen molar-refractivity contribution in [1.82, 2.24) is 4.90 Å². The molecule has 0 atom stereocenters. The van der Waals surface area contributed by atoms with Crippen molar-refractivity contribution in [2.45, 2.75) is 19.9 Å². The maximum Gasteiger partial charge on any atom is 0.268 e. The van der Waals surface area contributed by atoms with Gasteiger partial charge in [-0.3, -0.25) is 9.79 Å². The van der Waals surface area contributed by atoms with Gasteiger partial charge in [0, 0.05) is 37.0 Å². The number of primary amides is 1. The number of hydrogen-bond acceptors (Lipinski definition) is 3. The summed E-state index contributed by atoms with van der Waals surface area (Å²) in [6.07, 6.45) is 2.05. The van der Waals surface area contributed by atoms with Crippen LogP contribution in [0.15, 0.2) is 35.1 Å². The van der Waals surface area contributed by atoms with Crippen LogP contribution in [0.1, 0.15) is 18.9 Å². The fraction of sp³-hybridized carbons (Fsp3) is 0.286. The molecule has 0 fully saturated rings. The molecule has 0 bridgehead atoms. The Balaban J connectivity index is 2.26. The van der Waals surface area contributed by atoms with E-state index in [1.54, 1.807) is 11.8 Å². The van der Waals surface area contributed by atoms with Gasteiger partial charge in [0.05, 0.1) is 0 Å². The van der Waals surface area contributed by atoms with Crippen LogP contribution in [0.4, 0.5) is 8.78 Å². The number of rotatable bonds is 3. The van der Waals surface area contributed by atoms with Crippen LogP contribution in [-0.2, 0) is 11.3 Å². The van der Waals surface area contributed by atoms with Gasteiger partial charge in [0.15, 0.2) is 0 Å². The summed E-state index contributed by atoms with van der Waals surface area (Å²) < 4.78 is 27.3. The van der Waals surface area contributed by atoms with Crippen LogP contribution in [0.5, 0.6) is 0 Å². The van der Waals surface area contributed by atoms with E-state index in [4.69, 9.17) is 5.73 Å². The zero-order chi connectivity index (χ0) is 14.7. The zero-order valence-electron chi connectivity index (χ0n) is 11.1. The topological polar surface area (TPSA) is 58.7 Å². The summed E-state index contributed by atoms with van der Waals surface area (Å²) in [6.45, 7) is 2.32. The number of carbonyl (C=O) groups excluding carboxylic acids is 1. The van der Waals surface area contributed by atoms with E-state index >= 15 is 0 Å². The summed E-state index contributed by atoms with van der Waals surface area (Å²) in [7, 11) is 0. The predicted octanol–water partition coefficient (Wildman–Crippen LogP) is 1.96. The maximum atomic E-state index is 13.6.